The van der Waals surface area contributed by atoms with Crippen LogP contribution in [0.4, 0.5) is 0 Å². The number of hydrogen-bond donors (Lipinski definition) is 0. The number of carbonyl (C=O) groups is 1. The first-order chi connectivity index (χ1) is 6.11. The monoisotopic (exact) mass is 185 g/mol. The maximum absolute atomic E-state index is 10.9. The van der Waals surface area contributed by atoms with Crippen molar-refractivity contribution in [3.63, 3.8) is 0 Å². The average molecular weight is 185 g/mol. The number of Topliss-reactive ketones (excluding diaryl/α,β-unsaturated/α-hetero) is 1. The van der Waals surface area contributed by atoms with Crippen molar-refractivity contribution in [3.05, 3.63) is 0 Å². The van der Waals surface area contributed by atoms with E-state index in [1.165, 1.54) is 0 Å². The quantitative estimate of drug-likeness (QED) is 0.656. The van der Waals surface area contributed by atoms with Crippen molar-refractivity contribution < 1.29 is 9.53 Å². The predicted molar refractivity (Wildman–Crippen MR) is 51.7 cm³/mol. The van der Waals surface area contributed by atoms with Crippen molar-refractivity contribution in [3.8, 4) is 0 Å². The summed E-state index contributed by atoms with van der Waals surface area (Å²) in [4.78, 5) is 13.2. The lowest BCUT2D eigenvalue weighted by atomic mass is 10.1. The second kappa shape index (κ2) is 4.72. The maximum atomic E-state index is 10.9. The summed E-state index contributed by atoms with van der Waals surface area (Å²) in [7, 11) is 2.08. The minimum absolute atomic E-state index is 0.262. The molecule has 2 unspecified atom stereocenters. The van der Waals surface area contributed by atoms with Gasteiger partial charge in [-0.3, -0.25) is 9.69 Å². The summed E-state index contributed by atoms with van der Waals surface area (Å²) in [5, 5.41) is 0. The van der Waals surface area contributed by atoms with E-state index in [0.717, 1.165) is 19.6 Å². The molecule has 1 saturated heterocycles. The van der Waals surface area contributed by atoms with Crippen LogP contribution >= 0.6 is 0 Å². The number of carbonyl (C=O) groups excluding carboxylic acids is 1. The summed E-state index contributed by atoms with van der Waals surface area (Å²) >= 11 is 0. The maximum Gasteiger partial charge on any atom is 0.131 e. The Morgan fingerprint density at radius 2 is 2.38 bits per heavy atom. The van der Waals surface area contributed by atoms with Crippen LogP contribution in [-0.2, 0) is 9.53 Å². The first kappa shape index (κ1) is 10.7. The van der Waals surface area contributed by atoms with Gasteiger partial charge in [-0.25, -0.2) is 0 Å². The van der Waals surface area contributed by atoms with Crippen LogP contribution in [0, 0.1) is 0 Å². The fourth-order valence-corrected chi connectivity index (χ4v) is 1.76. The van der Waals surface area contributed by atoms with Gasteiger partial charge in [-0.15, -0.1) is 0 Å². The number of ether oxygens (including phenoxy) is 1. The Bertz CT molecular complexity index is 176. The Kier molecular flexibility index (Phi) is 3.88. The van der Waals surface area contributed by atoms with E-state index in [1.54, 1.807) is 6.92 Å². The largest absolute Gasteiger partial charge is 0.380 e. The zero-order valence-electron chi connectivity index (χ0n) is 8.75. The van der Waals surface area contributed by atoms with Gasteiger partial charge in [0, 0.05) is 25.1 Å². The highest BCUT2D eigenvalue weighted by molar-refractivity contribution is 5.76. The molecule has 0 aromatic heterocycles. The van der Waals surface area contributed by atoms with E-state index < -0.39 is 0 Å². The van der Waals surface area contributed by atoms with Crippen molar-refractivity contribution >= 4 is 5.78 Å². The van der Waals surface area contributed by atoms with Crippen molar-refractivity contribution in [2.75, 3.05) is 20.3 Å². The Labute approximate surface area is 80.1 Å². The molecule has 0 aromatic carbocycles. The van der Waals surface area contributed by atoms with Gasteiger partial charge in [-0.2, -0.15) is 0 Å². The number of hydrogen-bond acceptors (Lipinski definition) is 3. The number of likely N-dealkylation sites (N-methyl/N-ethyl adjacent to an activating group) is 1. The summed E-state index contributed by atoms with van der Waals surface area (Å²) in [5.74, 6) is 0.262. The van der Waals surface area contributed by atoms with Crippen LogP contribution in [0.2, 0.25) is 0 Å². The van der Waals surface area contributed by atoms with Crippen molar-refractivity contribution in [2.24, 2.45) is 0 Å². The van der Waals surface area contributed by atoms with E-state index in [2.05, 4.69) is 18.9 Å². The Balaban J connectivity index is 2.36. The Morgan fingerprint density at radius 1 is 1.69 bits per heavy atom. The van der Waals surface area contributed by atoms with E-state index in [-0.39, 0.29) is 5.78 Å². The third-order valence-corrected chi connectivity index (χ3v) is 2.76. The minimum Gasteiger partial charge on any atom is -0.380 e. The van der Waals surface area contributed by atoms with Crippen LogP contribution in [0.3, 0.4) is 0 Å². The standard InChI is InChI=1S/C10H19NO2/c1-8(6-9(2)12)11(3)10-4-5-13-7-10/h8,10H,4-7H2,1-3H3. The summed E-state index contributed by atoms with van der Waals surface area (Å²) in [6.07, 6.45) is 1.74. The molecule has 0 radical (unpaired) electrons. The van der Waals surface area contributed by atoms with Gasteiger partial charge in [-0.1, -0.05) is 0 Å². The van der Waals surface area contributed by atoms with Crippen molar-refractivity contribution in [2.45, 2.75) is 38.8 Å². The molecule has 3 heteroatoms. The SMILES string of the molecule is CC(=O)CC(C)N(C)C1CCOC1. The van der Waals surface area contributed by atoms with Gasteiger partial charge in [0.25, 0.3) is 0 Å². The van der Waals surface area contributed by atoms with Gasteiger partial charge in [0.1, 0.15) is 5.78 Å². The van der Waals surface area contributed by atoms with E-state index in [4.69, 9.17) is 4.74 Å². The second-order valence-electron chi connectivity index (χ2n) is 3.94. The third kappa shape index (κ3) is 3.08. The van der Waals surface area contributed by atoms with Crippen molar-refractivity contribution in [1.82, 2.24) is 4.90 Å². The summed E-state index contributed by atoms with van der Waals surface area (Å²) in [6.45, 7) is 5.43. The van der Waals surface area contributed by atoms with E-state index in [9.17, 15) is 4.79 Å². The van der Waals surface area contributed by atoms with Crippen LogP contribution < -0.4 is 0 Å². The fourth-order valence-electron chi connectivity index (χ4n) is 1.76. The first-order valence-corrected chi connectivity index (χ1v) is 4.90. The molecule has 76 valence electrons. The summed E-state index contributed by atoms with van der Waals surface area (Å²) in [5.41, 5.74) is 0. The molecule has 0 aromatic rings. The third-order valence-electron chi connectivity index (χ3n) is 2.76. The molecular formula is C10H19NO2. The van der Waals surface area contributed by atoms with Crippen molar-refractivity contribution in [1.29, 1.82) is 0 Å². The number of rotatable bonds is 4. The molecular weight excluding hydrogens is 166 g/mol. The number of nitrogens with zero attached hydrogens (tertiary/aromatic N) is 1. The van der Waals surface area contributed by atoms with Gasteiger partial charge in [0.05, 0.1) is 6.61 Å². The van der Waals surface area contributed by atoms with Crippen LogP contribution in [0.5, 0.6) is 0 Å². The lowest BCUT2D eigenvalue weighted by molar-refractivity contribution is -0.118. The smallest absolute Gasteiger partial charge is 0.131 e. The molecule has 0 saturated carbocycles. The normalized spacial score (nSPS) is 25.1. The lowest BCUT2D eigenvalue weighted by Gasteiger charge is -2.28. The summed E-state index contributed by atoms with van der Waals surface area (Å²) in [6, 6.07) is 0.846. The van der Waals surface area contributed by atoms with Crippen LogP contribution in [0.15, 0.2) is 0 Å². The lowest BCUT2D eigenvalue weighted by Crippen LogP contribution is -2.39. The molecule has 0 aliphatic carbocycles. The van der Waals surface area contributed by atoms with Crippen LogP contribution in [0.1, 0.15) is 26.7 Å². The molecule has 13 heavy (non-hydrogen) atoms. The van der Waals surface area contributed by atoms with Gasteiger partial charge >= 0.3 is 0 Å². The number of ketones is 1. The molecule has 0 bridgehead atoms. The topological polar surface area (TPSA) is 29.5 Å². The van der Waals surface area contributed by atoms with Crippen LogP contribution in [0.25, 0.3) is 0 Å². The molecule has 0 spiro atoms. The zero-order chi connectivity index (χ0) is 9.84. The predicted octanol–water partition coefficient (Wildman–Crippen LogP) is 1.07. The van der Waals surface area contributed by atoms with Gasteiger partial charge in [0.15, 0.2) is 0 Å². The van der Waals surface area contributed by atoms with E-state index >= 15 is 0 Å². The molecule has 0 N–H and O–H groups in total. The molecule has 2 atom stereocenters. The molecule has 1 fully saturated rings. The average Bonchev–Trinajstić information content (AvgIpc) is 2.53. The Morgan fingerprint density at radius 3 is 2.85 bits per heavy atom. The highest BCUT2D eigenvalue weighted by atomic mass is 16.5. The summed E-state index contributed by atoms with van der Waals surface area (Å²) < 4.78 is 5.31. The van der Waals surface area contributed by atoms with Crippen LogP contribution in [-0.4, -0.2) is 43.0 Å². The van der Waals surface area contributed by atoms with E-state index in [1.807, 2.05) is 0 Å². The zero-order valence-corrected chi connectivity index (χ0v) is 8.75. The molecule has 1 aliphatic rings. The van der Waals surface area contributed by atoms with Gasteiger partial charge in [-0.05, 0) is 27.3 Å². The van der Waals surface area contributed by atoms with E-state index in [0.29, 0.717) is 18.5 Å². The van der Waals surface area contributed by atoms with Gasteiger partial charge in [0.2, 0.25) is 0 Å². The molecule has 3 nitrogen and oxygen atoms in total. The first-order valence-electron chi connectivity index (χ1n) is 4.90. The van der Waals surface area contributed by atoms with Gasteiger partial charge < -0.3 is 4.74 Å². The molecule has 1 rings (SSSR count). The molecule has 1 aliphatic heterocycles. The minimum atomic E-state index is 0.262. The highest BCUT2D eigenvalue weighted by Gasteiger charge is 2.24. The Hall–Kier alpha value is -0.410. The molecule has 0 amide bonds. The second-order valence-corrected chi connectivity index (χ2v) is 3.94. The fraction of sp³-hybridized carbons (Fsp3) is 0.900. The molecule has 1 heterocycles. The highest BCUT2D eigenvalue weighted by Crippen LogP contribution is 2.14.